The first-order valence-electron chi connectivity index (χ1n) is 12.2. The van der Waals surface area contributed by atoms with Crippen LogP contribution in [-0.4, -0.2) is 15.5 Å². The highest BCUT2D eigenvalue weighted by atomic mass is 79.9. The van der Waals surface area contributed by atoms with Gasteiger partial charge < -0.3 is 22.1 Å². The number of nitrogens with zero attached hydrogens (tertiary/aromatic N) is 2. The van der Waals surface area contributed by atoms with E-state index in [1.54, 1.807) is 0 Å². The normalized spacial score (nSPS) is 12.0. The summed E-state index contributed by atoms with van der Waals surface area (Å²) in [5.74, 6) is 0.709. The van der Waals surface area contributed by atoms with Crippen molar-refractivity contribution in [3.8, 4) is 5.75 Å². The largest absolute Gasteiger partial charge is 1.00 e. The summed E-state index contributed by atoms with van der Waals surface area (Å²) in [5, 5.41) is 11.7. The molecule has 0 saturated heterocycles. The number of anilines is 1. The molecule has 3 N–H and O–H groups in total. The maximum absolute atomic E-state index is 13.7. The summed E-state index contributed by atoms with van der Waals surface area (Å²) in [7, 11) is 0. The molecule has 0 aliphatic heterocycles. The number of fused-ring (bicyclic) bond motifs is 1. The zero-order valence-corrected chi connectivity index (χ0v) is 24.6. The Kier molecular flexibility index (Phi) is 8.16. The van der Waals surface area contributed by atoms with Gasteiger partial charge in [0.1, 0.15) is 23.3 Å². The second-order valence-electron chi connectivity index (χ2n) is 11.5. The van der Waals surface area contributed by atoms with Gasteiger partial charge in [-0.1, -0.05) is 77.4 Å². The zero-order chi connectivity index (χ0) is 26.4. The number of imidazole rings is 1. The number of rotatable bonds is 5. The molecule has 0 unspecified atom stereocenters. The summed E-state index contributed by atoms with van der Waals surface area (Å²) in [6.07, 6.45) is 0. The fourth-order valence-electron chi connectivity index (χ4n) is 4.59. The molecule has 4 rings (SSSR count). The first kappa shape index (κ1) is 28.7. The molecule has 0 radical (unpaired) electrons. The van der Waals surface area contributed by atoms with Gasteiger partial charge in [-0.05, 0) is 52.8 Å². The number of ketones is 1. The maximum Gasteiger partial charge on any atom is 0.356 e. The lowest BCUT2D eigenvalue weighted by atomic mass is 9.78. The molecule has 37 heavy (non-hydrogen) atoms. The lowest BCUT2D eigenvalue weighted by Crippen LogP contribution is -3.00. The Hall–Kier alpha value is -2.83. The Morgan fingerprint density at radius 1 is 0.946 bits per heavy atom. The van der Waals surface area contributed by atoms with Gasteiger partial charge in [-0.15, -0.1) is 0 Å². The van der Waals surface area contributed by atoms with E-state index in [2.05, 4.69) is 0 Å². The topological polar surface area (TPSA) is 72.1 Å². The lowest BCUT2D eigenvalue weighted by molar-refractivity contribution is -0.648. The number of carbonyl (C=O) groups excluding carboxylic acids is 1. The number of Topliss-reactive ketones (excluding diaryl/α,β-unsaturated/α-hetero) is 1. The van der Waals surface area contributed by atoms with Gasteiger partial charge in [0.25, 0.3) is 0 Å². The van der Waals surface area contributed by atoms with Crippen LogP contribution in [0.15, 0.2) is 60.7 Å². The van der Waals surface area contributed by atoms with Crippen LogP contribution in [0.3, 0.4) is 0 Å². The number of aromatic nitrogens is 2. The van der Waals surface area contributed by atoms with Crippen LogP contribution in [0.2, 0.25) is 5.02 Å². The van der Waals surface area contributed by atoms with Gasteiger partial charge >= 0.3 is 5.95 Å². The van der Waals surface area contributed by atoms with Crippen LogP contribution >= 0.6 is 11.6 Å². The smallest absolute Gasteiger partial charge is 0.356 e. The number of phenols is 1. The van der Waals surface area contributed by atoms with E-state index in [-0.39, 0.29) is 45.9 Å². The maximum atomic E-state index is 13.7. The summed E-state index contributed by atoms with van der Waals surface area (Å²) < 4.78 is 3.89. The van der Waals surface area contributed by atoms with Crippen molar-refractivity contribution in [3.05, 3.63) is 87.9 Å². The Balaban J connectivity index is 0.00000380. The van der Waals surface area contributed by atoms with E-state index in [1.165, 1.54) is 0 Å². The van der Waals surface area contributed by atoms with Crippen LogP contribution < -0.4 is 27.3 Å². The number of halogens is 2. The van der Waals surface area contributed by atoms with E-state index in [0.29, 0.717) is 23.1 Å². The van der Waals surface area contributed by atoms with Crippen molar-refractivity contribution in [2.75, 3.05) is 5.73 Å². The molecule has 1 aromatic heterocycles. The summed E-state index contributed by atoms with van der Waals surface area (Å²) in [4.78, 5) is 13.7. The fourth-order valence-corrected chi connectivity index (χ4v) is 4.72. The predicted octanol–water partition coefficient (Wildman–Crippen LogP) is 3.40. The van der Waals surface area contributed by atoms with Gasteiger partial charge in [0.05, 0.1) is 6.54 Å². The third-order valence-corrected chi connectivity index (χ3v) is 6.87. The van der Waals surface area contributed by atoms with Crippen molar-refractivity contribution < 1.29 is 31.4 Å². The molecule has 0 fully saturated rings. The number of hydrogen-bond donors (Lipinski definition) is 2. The summed E-state index contributed by atoms with van der Waals surface area (Å²) in [6, 6.07) is 19.3. The van der Waals surface area contributed by atoms with Gasteiger partial charge in [-0.2, -0.15) is 0 Å². The second-order valence-corrected chi connectivity index (χ2v) is 11.9. The molecule has 3 aromatic carbocycles. The molecule has 0 saturated carbocycles. The number of para-hydroxylation sites is 2. The van der Waals surface area contributed by atoms with Crippen LogP contribution in [0, 0.1) is 0 Å². The van der Waals surface area contributed by atoms with Crippen molar-refractivity contribution in [2.45, 2.75) is 65.5 Å². The highest BCUT2D eigenvalue weighted by Gasteiger charge is 2.29. The molecule has 196 valence electrons. The SMILES string of the molecule is CC(C)(C)c1cc(C(=O)Cn2c(N)[n+](Cc3ccc(Cl)cc3)c3ccccc32)cc(C(C)(C)C)c1O.[Br-]. The number of aromatic hydroxyl groups is 1. The van der Waals surface area contributed by atoms with E-state index in [1.807, 2.05) is 111 Å². The van der Waals surface area contributed by atoms with Crippen LogP contribution in [-0.2, 0) is 23.9 Å². The molecule has 0 amide bonds. The van der Waals surface area contributed by atoms with E-state index < -0.39 is 0 Å². The molecule has 7 heteroatoms. The van der Waals surface area contributed by atoms with Crippen LogP contribution in [0.25, 0.3) is 11.0 Å². The van der Waals surface area contributed by atoms with Crippen molar-refractivity contribution in [1.29, 1.82) is 0 Å². The van der Waals surface area contributed by atoms with Crippen molar-refractivity contribution in [2.24, 2.45) is 0 Å². The van der Waals surface area contributed by atoms with Crippen molar-refractivity contribution in [3.63, 3.8) is 0 Å². The molecule has 0 atom stereocenters. The molecule has 0 bridgehead atoms. The Morgan fingerprint density at radius 2 is 1.49 bits per heavy atom. The minimum absolute atomic E-state index is 0. The van der Waals surface area contributed by atoms with Gasteiger partial charge in [0, 0.05) is 21.7 Å². The summed E-state index contributed by atoms with van der Waals surface area (Å²) in [6.45, 7) is 12.9. The molecular weight excluding hydrogens is 550 g/mol. The lowest BCUT2D eigenvalue weighted by Gasteiger charge is -2.28. The van der Waals surface area contributed by atoms with E-state index in [0.717, 1.165) is 27.7 Å². The molecule has 0 aliphatic rings. The molecule has 5 nitrogen and oxygen atoms in total. The monoisotopic (exact) mass is 583 g/mol. The van der Waals surface area contributed by atoms with Gasteiger partial charge in [0.15, 0.2) is 5.78 Å². The first-order valence-corrected chi connectivity index (χ1v) is 12.6. The highest BCUT2D eigenvalue weighted by molar-refractivity contribution is 6.30. The Morgan fingerprint density at radius 3 is 2.03 bits per heavy atom. The average molecular weight is 585 g/mol. The van der Waals surface area contributed by atoms with E-state index in [9.17, 15) is 9.90 Å². The third kappa shape index (κ3) is 5.86. The number of nitrogens with two attached hydrogens (primary N) is 1. The van der Waals surface area contributed by atoms with Crippen LogP contribution in [0.5, 0.6) is 5.75 Å². The summed E-state index contributed by atoms with van der Waals surface area (Å²) >= 11 is 6.06. The first-order chi connectivity index (χ1) is 16.8. The number of benzene rings is 3. The summed E-state index contributed by atoms with van der Waals surface area (Å²) in [5.41, 5.74) is 11.0. The van der Waals surface area contributed by atoms with Crippen molar-refractivity contribution in [1.82, 2.24) is 4.57 Å². The van der Waals surface area contributed by atoms with Gasteiger partial charge in [0.2, 0.25) is 0 Å². The minimum Gasteiger partial charge on any atom is -1.00 e. The molecule has 0 aliphatic carbocycles. The number of phenolic OH excluding ortho intramolecular Hbond substituents is 1. The quantitative estimate of drug-likeness (QED) is 0.279. The average Bonchev–Trinajstić information content (AvgIpc) is 3.05. The Labute approximate surface area is 234 Å². The van der Waals surface area contributed by atoms with Crippen LogP contribution in [0.4, 0.5) is 5.95 Å². The second kappa shape index (κ2) is 10.5. The number of hydrogen-bond acceptors (Lipinski definition) is 3. The fraction of sp³-hybridized carbons (Fsp3) is 0.333. The zero-order valence-electron chi connectivity index (χ0n) is 22.3. The molecule has 1 heterocycles. The van der Waals surface area contributed by atoms with E-state index in [4.69, 9.17) is 17.3 Å². The number of carbonyl (C=O) groups is 1. The van der Waals surface area contributed by atoms with Crippen LogP contribution in [0.1, 0.15) is 68.6 Å². The van der Waals surface area contributed by atoms with E-state index >= 15 is 0 Å². The minimum atomic E-state index is -0.318. The highest BCUT2D eigenvalue weighted by Crippen LogP contribution is 2.40. The standard InChI is InChI=1S/C30H34ClN3O2.BrH/c1-29(2,3)22-15-20(16-23(27(22)36)30(4,5)6)26(35)18-34-25-10-8-7-9-24(25)33(28(34)32)17-19-11-13-21(31)14-12-19;/h7-16,32H,17-18H2,1-6H3,(H,35,36);1H. The molecule has 0 spiro atoms. The predicted molar refractivity (Wildman–Crippen MR) is 147 cm³/mol. The number of nitrogen functional groups attached to an aromatic ring is 1. The van der Waals surface area contributed by atoms with Gasteiger partial charge in [-0.25, -0.2) is 9.13 Å². The third-order valence-electron chi connectivity index (χ3n) is 6.62. The molecular formula is C30H35BrClN3O2. The molecule has 4 aromatic rings. The Bertz CT molecular complexity index is 1410. The van der Waals surface area contributed by atoms with Gasteiger partial charge in [-0.3, -0.25) is 10.5 Å². The van der Waals surface area contributed by atoms with Crippen molar-refractivity contribution >= 4 is 34.4 Å².